The molecule has 1 aromatic rings. The highest BCUT2D eigenvalue weighted by molar-refractivity contribution is 9.10. The van der Waals surface area contributed by atoms with E-state index in [2.05, 4.69) is 21.2 Å². The Morgan fingerprint density at radius 2 is 2.29 bits per heavy atom. The van der Waals surface area contributed by atoms with Crippen LogP contribution in [0, 0.1) is 5.82 Å². The third-order valence-electron chi connectivity index (χ3n) is 2.37. The molecule has 0 aliphatic rings. The van der Waals surface area contributed by atoms with Gasteiger partial charge in [-0.25, -0.2) is 4.39 Å². The van der Waals surface area contributed by atoms with Crippen LogP contribution in [0.2, 0.25) is 0 Å². The summed E-state index contributed by atoms with van der Waals surface area (Å²) in [6.07, 6.45) is 3.68. The topological polar surface area (TPSA) is 29.1 Å². The smallest absolute Gasteiger partial charge is 0.244 e. The van der Waals surface area contributed by atoms with Gasteiger partial charge in [0.25, 0.3) is 0 Å². The standard InChI is InChI=1S/C13H15BrFNO/c1-3-9(2)16-13(17)7-4-10-8-11(14)5-6-12(10)15/h4-9H,3H2,1-2H3,(H,16,17)/b7-4-/t9-/m1/s1. The highest BCUT2D eigenvalue weighted by Crippen LogP contribution is 2.16. The molecule has 0 saturated carbocycles. The van der Waals surface area contributed by atoms with Crippen LogP contribution in [0.25, 0.3) is 6.08 Å². The zero-order valence-electron chi connectivity index (χ0n) is 9.84. The maximum atomic E-state index is 13.3. The summed E-state index contributed by atoms with van der Waals surface area (Å²) < 4.78 is 14.1. The molecule has 0 aliphatic carbocycles. The molecule has 1 aromatic carbocycles. The average Bonchev–Trinajstić information content (AvgIpc) is 2.30. The second-order valence-corrected chi connectivity index (χ2v) is 4.73. The molecule has 1 atom stereocenters. The summed E-state index contributed by atoms with van der Waals surface area (Å²) in [7, 11) is 0. The predicted octanol–water partition coefficient (Wildman–Crippen LogP) is 3.52. The first-order valence-electron chi connectivity index (χ1n) is 5.46. The van der Waals surface area contributed by atoms with Gasteiger partial charge < -0.3 is 5.32 Å². The fourth-order valence-corrected chi connectivity index (χ4v) is 1.58. The molecule has 0 spiro atoms. The van der Waals surface area contributed by atoms with Gasteiger partial charge in [-0.2, -0.15) is 0 Å². The van der Waals surface area contributed by atoms with E-state index in [-0.39, 0.29) is 17.8 Å². The minimum Gasteiger partial charge on any atom is -0.350 e. The minimum atomic E-state index is -0.346. The Hall–Kier alpha value is -1.16. The third-order valence-corrected chi connectivity index (χ3v) is 2.87. The van der Waals surface area contributed by atoms with Gasteiger partial charge in [0, 0.05) is 22.2 Å². The zero-order chi connectivity index (χ0) is 12.8. The highest BCUT2D eigenvalue weighted by Gasteiger charge is 2.03. The van der Waals surface area contributed by atoms with E-state index in [1.807, 2.05) is 13.8 Å². The number of nitrogens with one attached hydrogen (secondary N) is 1. The SMILES string of the molecule is CC[C@@H](C)NC(=O)/C=C\c1cc(Br)ccc1F. The summed E-state index contributed by atoms with van der Waals surface area (Å²) in [5, 5.41) is 2.77. The average molecular weight is 300 g/mol. The lowest BCUT2D eigenvalue weighted by Gasteiger charge is -2.08. The van der Waals surface area contributed by atoms with Gasteiger partial charge in [0.1, 0.15) is 5.82 Å². The van der Waals surface area contributed by atoms with Crippen LogP contribution in [0.1, 0.15) is 25.8 Å². The van der Waals surface area contributed by atoms with Gasteiger partial charge in [-0.15, -0.1) is 0 Å². The van der Waals surface area contributed by atoms with Gasteiger partial charge in [-0.1, -0.05) is 22.9 Å². The van der Waals surface area contributed by atoms with Gasteiger partial charge in [-0.05, 0) is 37.6 Å². The Labute approximate surface area is 109 Å². The molecular weight excluding hydrogens is 285 g/mol. The molecule has 0 aliphatic heterocycles. The van der Waals surface area contributed by atoms with Gasteiger partial charge in [0.2, 0.25) is 5.91 Å². The van der Waals surface area contributed by atoms with E-state index in [1.165, 1.54) is 18.2 Å². The molecule has 1 rings (SSSR count). The van der Waals surface area contributed by atoms with Crippen molar-refractivity contribution in [2.24, 2.45) is 0 Å². The number of benzene rings is 1. The largest absolute Gasteiger partial charge is 0.350 e. The third kappa shape index (κ3) is 4.69. The van der Waals surface area contributed by atoms with Crippen LogP contribution in [0.4, 0.5) is 4.39 Å². The lowest BCUT2D eigenvalue weighted by Crippen LogP contribution is -2.30. The van der Waals surface area contributed by atoms with Crippen molar-refractivity contribution < 1.29 is 9.18 Å². The summed E-state index contributed by atoms with van der Waals surface area (Å²) in [6, 6.07) is 4.73. The van der Waals surface area contributed by atoms with Gasteiger partial charge >= 0.3 is 0 Å². The molecule has 17 heavy (non-hydrogen) atoms. The summed E-state index contributed by atoms with van der Waals surface area (Å²) in [6.45, 7) is 3.91. The van der Waals surface area contributed by atoms with Crippen LogP contribution in [0.15, 0.2) is 28.7 Å². The molecule has 0 heterocycles. The summed E-state index contributed by atoms with van der Waals surface area (Å²) >= 11 is 3.25. The van der Waals surface area contributed by atoms with Crippen molar-refractivity contribution in [1.29, 1.82) is 0 Å². The molecule has 0 fully saturated rings. The molecule has 0 aromatic heterocycles. The Bertz CT molecular complexity index is 431. The summed E-state index contributed by atoms with van der Waals surface area (Å²) in [4.78, 5) is 11.4. The van der Waals surface area contributed by atoms with E-state index in [9.17, 15) is 9.18 Å². The second kappa shape index (κ2) is 6.55. The van der Waals surface area contributed by atoms with Crippen LogP contribution in [0.5, 0.6) is 0 Å². The van der Waals surface area contributed by atoms with Crippen molar-refractivity contribution in [3.63, 3.8) is 0 Å². The first-order valence-corrected chi connectivity index (χ1v) is 6.26. The maximum absolute atomic E-state index is 13.3. The first-order chi connectivity index (χ1) is 8.02. The van der Waals surface area contributed by atoms with Crippen molar-refractivity contribution in [2.45, 2.75) is 26.3 Å². The van der Waals surface area contributed by atoms with Crippen LogP contribution in [-0.4, -0.2) is 11.9 Å². The number of amides is 1. The number of halogens is 2. The molecule has 1 N–H and O–H groups in total. The van der Waals surface area contributed by atoms with Crippen LogP contribution in [-0.2, 0) is 4.79 Å². The number of rotatable bonds is 4. The normalized spacial score (nSPS) is 12.7. The molecule has 0 radical (unpaired) electrons. The van der Waals surface area contributed by atoms with Gasteiger partial charge in [0.05, 0.1) is 0 Å². The molecule has 0 unspecified atom stereocenters. The number of hydrogen-bond donors (Lipinski definition) is 1. The quantitative estimate of drug-likeness (QED) is 0.847. The Morgan fingerprint density at radius 3 is 2.94 bits per heavy atom. The predicted molar refractivity (Wildman–Crippen MR) is 71.0 cm³/mol. The van der Waals surface area contributed by atoms with Crippen molar-refractivity contribution in [3.05, 3.63) is 40.1 Å². The molecule has 1 amide bonds. The fourth-order valence-electron chi connectivity index (χ4n) is 1.20. The Balaban J connectivity index is 2.70. The molecule has 4 heteroatoms. The second-order valence-electron chi connectivity index (χ2n) is 3.82. The van der Waals surface area contributed by atoms with E-state index in [4.69, 9.17) is 0 Å². The Morgan fingerprint density at radius 1 is 1.59 bits per heavy atom. The molecular formula is C13H15BrFNO. The van der Waals surface area contributed by atoms with Crippen molar-refractivity contribution in [2.75, 3.05) is 0 Å². The van der Waals surface area contributed by atoms with Gasteiger partial charge in [-0.3, -0.25) is 4.79 Å². The van der Waals surface area contributed by atoms with Crippen LogP contribution >= 0.6 is 15.9 Å². The number of carbonyl (C=O) groups is 1. The summed E-state index contributed by atoms with van der Waals surface area (Å²) in [5.41, 5.74) is 0.388. The van der Waals surface area contributed by atoms with Crippen LogP contribution < -0.4 is 5.32 Å². The molecule has 0 saturated heterocycles. The zero-order valence-corrected chi connectivity index (χ0v) is 11.4. The van der Waals surface area contributed by atoms with Crippen LogP contribution in [0.3, 0.4) is 0 Å². The molecule has 92 valence electrons. The molecule has 2 nitrogen and oxygen atoms in total. The van der Waals surface area contributed by atoms with Crippen molar-refractivity contribution >= 4 is 27.9 Å². The maximum Gasteiger partial charge on any atom is 0.244 e. The monoisotopic (exact) mass is 299 g/mol. The van der Waals surface area contributed by atoms with E-state index in [0.717, 1.165) is 10.9 Å². The highest BCUT2D eigenvalue weighted by atomic mass is 79.9. The van der Waals surface area contributed by atoms with E-state index >= 15 is 0 Å². The lowest BCUT2D eigenvalue weighted by molar-refractivity contribution is -0.117. The Kier molecular flexibility index (Phi) is 5.35. The first kappa shape index (κ1) is 13.9. The van der Waals surface area contributed by atoms with E-state index < -0.39 is 0 Å². The minimum absolute atomic E-state index is 0.125. The lowest BCUT2D eigenvalue weighted by atomic mass is 10.2. The van der Waals surface area contributed by atoms with E-state index in [0.29, 0.717) is 5.56 Å². The van der Waals surface area contributed by atoms with Crippen molar-refractivity contribution in [1.82, 2.24) is 5.32 Å². The van der Waals surface area contributed by atoms with Gasteiger partial charge in [0.15, 0.2) is 0 Å². The van der Waals surface area contributed by atoms with Crippen molar-refractivity contribution in [3.8, 4) is 0 Å². The fraction of sp³-hybridized carbons (Fsp3) is 0.308. The summed E-state index contributed by atoms with van der Waals surface area (Å²) in [5.74, 6) is -0.556. The number of carbonyl (C=O) groups excluding carboxylic acids is 1. The van der Waals surface area contributed by atoms with E-state index in [1.54, 1.807) is 12.1 Å². The molecule has 0 bridgehead atoms. The number of hydrogen-bond acceptors (Lipinski definition) is 1.